The fraction of sp³-hybridized carbons (Fsp3) is 0.444. The number of nitrogens with zero attached hydrogens (tertiary/aromatic N) is 2. The topological polar surface area (TPSA) is 103 Å². The van der Waals surface area contributed by atoms with Crippen LogP contribution in [0, 0.1) is 10.1 Å². The first-order valence-corrected chi connectivity index (χ1v) is 4.77. The van der Waals surface area contributed by atoms with Crippen LogP contribution in [0.3, 0.4) is 0 Å². The maximum absolute atomic E-state index is 11.7. The minimum Gasteiger partial charge on any atom is -0.347 e. The highest BCUT2D eigenvalue weighted by Gasteiger charge is 2.18. The zero-order valence-corrected chi connectivity index (χ0v) is 9.14. The van der Waals surface area contributed by atoms with Crippen LogP contribution >= 0.6 is 0 Å². The number of aromatic nitrogens is 1. The van der Waals surface area contributed by atoms with Crippen molar-refractivity contribution in [2.24, 2.45) is 12.8 Å². The number of carbonyl (C=O) groups is 1. The van der Waals surface area contributed by atoms with Gasteiger partial charge in [0.2, 0.25) is 0 Å². The summed E-state index contributed by atoms with van der Waals surface area (Å²) in [6.07, 6.45) is 1.29. The molecule has 1 aromatic rings. The summed E-state index contributed by atoms with van der Waals surface area (Å²) in [5.41, 5.74) is 5.50. The van der Waals surface area contributed by atoms with Gasteiger partial charge in [0.1, 0.15) is 5.69 Å². The van der Waals surface area contributed by atoms with Crippen LogP contribution in [-0.4, -0.2) is 28.0 Å². The molecule has 1 atom stereocenters. The molecule has 1 unspecified atom stereocenters. The van der Waals surface area contributed by atoms with Crippen LogP contribution in [0.5, 0.6) is 0 Å². The molecule has 1 aromatic heterocycles. The van der Waals surface area contributed by atoms with Crippen molar-refractivity contribution in [1.29, 1.82) is 0 Å². The van der Waals surface area contributed by atoms with Gasteiger partial charge in [-0.15, -0.1) is 0 Å². The van der Waals surface area contributed by atoms with Gasteiger partial charge in [0, 0.05) is 25.7 Å². The van der Waals surface area contributed by atoms with Crippen LogP contribution in [0.15, 0.2) is 12.3 Å². The van der Waals surface area contributed by atoms with Crippen molar-refractivity contribution in [3.8, 4) is 0 Å². The molecule has 0 bridgehead atoms. The van der Waals surface area contributed by atoms with Gasteiger partial charge in [0.15, 0.2) is 0 Å². The van der Waals surface area contributed by atoms with Crippen LogP contribution in [0.4, 0.5) is 5.69 Å². The smallest absolute Gasteiger partial charge is 0.287 e. The number of hydrogen-bond donors (Lipinski definition) is 2. The van der Waals surface area contributed by atoms with E-state index < -0.39 is 4.92 Å². The Kier molecular flexibility index (Phi) is 3.62. The molecule has 0 aliphatic rings. The summed E-state index contributed by atoms with van der Waals surface area (Å²) in [7, 11) is 1.58. The van der Waals surface area contributed by atoms with E-state index in [1.807, 2.05) is 0 Å². The van der Waals surface area contributed by atoms with E-state index in [-0.39, 0.29) is 23.3 Å². The summed E-state index contributed by atoms with van der Waals surface area (Å²) in [4.78, 5) is 21.6. The molecular weight excluding hydrogens is 212 g/mol. The Hall–Kier alpha value is -1.89. The molecule has 0 aromatic carbocycles. The third-order valence-corrected chi connectivity index (χ3v) is 2.17. The molecule has 0 spiro atoms. The van der Waals surface area contributed by atoms with Crippen molar-refractivity contribution in [3.63, 3.8) is 0 Å². The first-order chi connectivity index (χ1) is 7.45. The lowest BCUT2D eigenvalue weighted by Gasteiger charge is -2.10. The van der Waals surface area contributed by atoms with Gasteiger partial charge in [-0.3, -0.25) is 14.9 Å². The van der Waals surface area contributed by atoms with Gasteiger partial charge in [-0.2, -0.15) is 0 Å². The average Bonchev–Trinajstić information content (AvgIpc) is 2.60. The summed E-state index contributed by atoms with van der Waals surface area (Å²) in [6.45, 7) is 2.08. The summed E-state index contributed by atoms with van der Waals surface area (Å²) < 4.78 is 1.41. The highest BCUT2D eigenvalue weighted by atomic mass is 16.6. The first kappa shape index (κ1) is 12.2. The molecule has 16 heavy (non-hydrogen) atoms. The quantitative estimate of drug-likeness (QED) is 0.557. The van der Waals surface area contributed by atoms with Crippen LogP contribution in [0.25, 0.3) is 0 Å². The van der Waals surface area contributed by atoms with Gasteiger partial charge in [-0.25, -0.2) is 0 Å². The van der Waals surface area contributed by atoms with Gasteiger partial charge in [0.05, 0.1) is 11.1 Å². The number of carbonyl (C=O) groups excluding carboxylic acids is 1. The normalized spacial score (nSPS) is 12.2. The third-order valence-electron chi connectivity index (χ3n) is 2.17. The lowest BCUT2D eigenvalue weighted by molar-refractivity contribution is -0.384. The summed E-state index contributed by atoms with van der Waals surface area (Å²) in [6, 6.07) is 1.07. The van der Waals surface area contributed by atoms with E-state index in [2.05, 4.69) is 5.32 Å². The summed E-state index contributed by atoms with van der Waals surface area (Å²) in [5.74, 6) is -0.367. The second-order valence-electron chi connectivity index (χ2n) is 3.56. The van der Waals surface area contributed by atoms with E-state index in [1.54, 1.807) is 14.0 Å². The minimum absolute atomic E-state index is 0.104. The number of nitro groups is 1. The molecule has 7 nitrogen and oxygen atoms in total. The van der Waals surface area contributed by atoms with Crippen LogP contribution in [0.2, 0.25) is 0 Å². The SMILES string of the molecule is CC(CN)NC(=O)c1cc([N+](=O)[O-])cn1C. The van der Waals surface area contributed by atoms with Crippen molar-refractivity contribution in [1.82, 2.24) is 9.88 Å². The molecular formula is C9H14N4O3. The van der Waals surface area contributed by atoms with Gasteiger partial charge in [-0.1, -0.05) is 0 Å². The highest BCUT2D eigenvalue weighted by Crippen LogP contribution is 2.14. The molecule has 0 radical (unpaired) electrons. The standard InChI is InChI=1S/C9H14N4O3/c1-6(4-10)11-9(14)8-3-7(13(15)16)5-12(8)2/h3,5-6H,4,10H2,1-2H3,(H,11,14). The maximum Gasteiger partial charge on any atom is 0.287 e. The largest absolute Gasteiger partial charge is 0.347 e. The zero-order chi connectivity index (χ0) is 12.3. The summed E-state index contributed by atoms with van der Waals surface area (Å²) in [5, 5.41) is 13.1. The van der Waals surface area contributed by atoms with E-state index in [4.69, 9.17) is 5.73 Å². The molecule has 0 aliphatic carbocycles. The molecule has 88 valence electrons. The number of rotatable bonds is 4. The first-order valence-electron chi connectivity index (χ1n) is 4.77. The van der Waals surface area contributed by atoms with E-state index in [0.717, 1.165) is 0 Å². The molecule has 3 N–H and O–H groups in total. The Balaban J connectivity index is 2.87. The Morgan fingerprint density at radius 2 is 2.38 bits per heavy atom. The molecule has 7 heteroatoms. The molecule has 0 saturated carbocycles. The van der Waals surface area contributed by atoms with E-state index in [1.165, 1.54) is 16.8 Å². The number of hydrogen-bond acceptors (Lipinski definition) is 4. The van der Waals surface area contributed by atoms with Gasteiger partial charge < -0.3 is 15.6 Å². The predicted molar refractivity (Wildman–Crippen MR) is 58.1 cm³/mol. The lowest BCUT2D eigenvalue weighted by atomic mass is 10.3. The molecule has 0 saturated heterocycles. The maximum atomic E-state index is 11.7. The van der Waals surface area contributed by atoms with Crippen molar-refractivity contribution in [2.75, 3.05) is 6.54 Å². The van der Waals surface area contributed by atoms with Crippen molar-refractivity contribution < 1.29 is 9.72 Å². The monoisotopic (exact) mass is 226 g/mol. The molecule has 1 heterocycles. The number of nitrogens with one attached hydrogen (secondary N) is 1. The van der Waals surface area contributed by atoms with Crippen molar-refractivity contribution in [2.45, 2.75) is 13.0 Å². The fourth-order valence-corrected chi connectivity index (χ4v) is 1.23. The Morgan fingerprint density at radius 3 is 2.81 bits per heavy atom. The van der Waals surface area contributed by atoms with Gasteiger partial charge >= 0.3 is 0 Å². The molecule has 0 fully saturated rings. The van der Waals surface area contributed by atoms with Crippen LogP contribution < -0.4 is 11.1 Å². The number of nitrogens with two attached hydrogens (primary N) is 1. The molecule has 1 amide bonds. The fourth-order valence-electron chi connectivity index (χ4n) is 1.23. The van der Waals surface area contributed by atoms with E-state index in [9.17, 15) is 14.9 Å². The molecule has 0 aliphatic heterocycles. The van der Waals surface area contributed by atoms with Crippen molar-refractivity contribution >= 4 is 11.6 Å². The Morgan fingerprint density at radius 1 is 1.75 bits per heavy atom. The highest BCUT2D eigenvalue weighted by molar-refractivity contribution is 5.93. The predicted octanol–water partition coefficient (Wildman–Crippen LogP) is 0.0103. The van der Waals surface area contributed by atoms with E-state index in [0.29, 0.717) is 6.54 Å². The molecule has 1 rings (SSSR count). The van der Waals surface area contributed by atoms with Gasteiger partial charge in [0.25, 0.3) is 11.6 Å². The minimum atomic E-state index is -0.539. The number of aryl methyl sites for hydroxylation is 1. The lowest BCUT2D eigenvalue weighted by Crippen LogP contribution is -2.38. The Bertz CT molecular complexity index is 413. The Labute approximate surface area is 92.4 Å². The van der Waals surface area contributed by atoms with Crippen molar-refractivity contribution in [3.05, 3.63) is 28.1 Å². The van der Waals surface area contributed by atoms with E-state index >= 15 is 0 Å². The van der Waals surface area contributed by atoms with Crippen LogP contribution in [-0.2, 0) is 7.05 Å². The third kappa shape index (κ3) is 2.57. The second-order valence-corrected chi connectivity index (χ2v) is 3.56. The second kappa shape index (κ2) is 4.75. The van der Waals surface area contributed by atoms with Crippen LogP contribution in [0.1, 0.15) is 17.4 Å². The average molecular weight is 226 g/mol. The summed E-state index contributed by atoms with van der Waals surface area (Å²) >= 11 is 0. The van der Waals surface area contributed by atoms with Gasteiger partial charge in [-0.05, 0) is 6.92 Å². The number of amides is 1. The zero-order valence-electron chi connectivity index (χ0n) is 9.14.